The molecule has 1 amide bonds. The molecule has 0 radical (unpaired) electrons. The van der Waals surface area contributed by atoms with Crippen LogP contribution in [0.15, 0.2) is 79.1 Å². The fourth-order valence-corrected chi connectivity index (χ4v) is 6.51. The van der Waals surface area contributed by atoms with Gasteiger partial charge in [0.15, 0.2) is 5.79 Å². The van der Waals surface area contributed by atoms with Crippen molar-refractivity contribution in [3.8, 4) is 28.3 Å². The predicted molar refractivity (Wildman–Crippen MR) is 192 cm³/mol. The zero-order valence-corrected chi connectivity index (χ0v) is 29.9. The SMILES string of the molecule is CC(C)c1c(C(=O)Nc2ccccc2C#N)cc(-c2ccc(F)cc2)cc1-c1ccn(CCC2CC(CC(=O)OC(C)(C)C)OC(C)(C)O2)c1. The zero-order chi connectivity index (χ0) is 36.2. The number of nitriles is 1. The number of carbonyl (C=O) groups excluding carboxylic acids is 2. The topological polar surface area (TPSA) is 103 Å². The summed E-state index contributed by atoms with van der Waals surface area (Å²) in [5.41, 5.74) is 4.93. The van der Waals surface area contributed by atoms with Crippen molar-refractivity contribution in [3.05, 3.63) is 102 Å². The molecular formula is C41H46FN3O5. The van der Waals surface area contributed by atoms with Crippen LogP contribution in [0.3, 0.4) is 0 Å². The third-order valence-corrected chi connectivity index (χ3v) is 8.49. The van der Waals surface area contributed by atoms with Gasteiger partial charge in [0.1, 0.15) is 17.5 Å². The second-order valence-corrected chi connectivity index (χ2v) is 14.6. The van der Waals surface area contributed by atoms with Gasteiger partial charge >= 0.3 is 5.97 Å². The van der Waals surface area contributed by atoms with E-state index in [9.17, 15) is 19.2 Å². The Hall–Kier alpha value is -4.78. The van der Waals surface area contributed by atoms with Gasteiger partial charge in [-0.1, -0.05) is 38.1 Å². The zero-order valence-electron chi connectivity index (χ0n) is 29.9. The number of benzene rings is 3. The molecule has 1 aliphatic rings. The number of hydrogen-bond donors (Lipinski definition) is 1. The maximum atomic E-state index is 14.0. The molecule has 2 unspecified atom stereocenters. The Morgan fingerprint density at radius 2 is 1.72 bits per heavy atom. The minimum atomic E-state index is -0.838. The maximum Gasteiger partial charge on any atom is 0.308 e. The molecule has 5 rings (SSSR count). The molecule has 2 atom stereocenters. The quantitative estimate of drug-likeness (QED) is 0.168. The van der Waals surface area contributed by atoms with E-state index in [1.165, 1.54) is 12.1 Å². The van der Waals surface area contributed by atoms with Gasteiger partial charge < -0.3 is 24.1 Å². The van der Waals surface area contributed by atoms with Crippen LogP contribution in [0, 0.1) is 17.1 Å². The van der Waals surface area contributed by atoms with Crippen molar-refractivity contribution >= 4 is 17.6 Å². The highest BCUT2D eigenvalue weighted by molar-refractivity contribution is 6.08. The van der Waals surface area contributed by atoms with E-state index >= 15 is 0 Å². The highest BCUT2D eigenvalue weighted by Gasteiger charge is 2.37. The number of carbonyl (C=O) groups is 2. The van der Waals surface area contributed by atoms with E-state index in [4.69, 9.17) is 14.2 Å². The van der Waals surface area contributed by atoms with E-state index in [0.717, 1.165) is 27.8 Å². The molecule has 1 aliphatic heterocycles. The fraction of sp³-hybridized carbons (Fsp3) is 0.390. The Bertz CT molecular complexity index is 1880. The molecule has 0 spiro atoms. The van der Waals surface area contributed by atoms with E-state index in [1.807, 2.05) is 72.9 Å². The molecule has 1 N–H and O–H groups in total. The summed E-state index contributed by atoms with van der Waals surface area (Å²) >= 11 is 0. The highest BCUT2D eigenvalue weighted by atomic mass is 19.1. The van der Waals surface area contributed by atoms with Crippen LogP contribution in [0.4, 0.5) is 10.1 Å². The lowest BCUT2D eigenvalue weighted by Gasteiger charge is -2.41. The fourth-order valence-electron chi connectivity index (χ4n) is 6.51. The van der Waals surface area contributed by atoms with Crippen LogP contribution >= 0.6 is 0 Å². The summed E-state index contributed by atoms with van der Waals surface area (Å²) in [5.74, 6) is -1.83. The summed E-state index contributed by atoms with van der Waals surface area (Å²) in [6.07, 6.45) is 5.06. The molecule has 9 heteroatoms. The molecule has 50 heavy (non-hydrogen) atoms. The molecule has 0 bridgehead atoms. The first-order chi connectivity index (χ1) is 23.6. The van der Waals surface area contributed by atoms with Crippen molar-refractivity contribution in [3.63, 3.8) is 0 Å². The summed E-state index contributed by atoms with van der Waals surface area (Å²) in [5, 5.41) is 12.6. The molecule has 8 nitrogen and oxygen atoms in total. The van der Waals surface area contributed by atoms with Crippen LogP contribution in [0.2, 0.25) is 0 Å². The van der Waals surface area contributed by atoms with Gasteiger partial charge in [0, 0.05) is 30.9 Å². The predicted octanol–water partition coefficient (Wildman–Crippen LogP) is 9.24. The number of nitrogens with one attached hydrogen (secondary N) is 1. The van der Waals surface area contributed by atoms with Crippen LogP contribution in [-0.4, -0.2) is 40.0 Å². The third kappa shape index (κ3) is 9.26. The number of rotatable bonds is 10. The number of nitrogens with zero attached hydrogens (tertiary/aromatic N) is 2. The number of anilines is 1. The number of halogens is 1. The largest absolute Gasteiger partial charge is 0.460 e. The van der Waals surface area contributed by atoms with Gasteiger partial charge in [-0.3, -0.25) is 9.59 Å². The molecule has 2 heterocycles. The average Bonchev–Trinajstić information content (AvgIpc) is 3.51. The van der Waals surface area contributed by atoms with Crippen LogP contribution in [0.1, 0.15) is 95.1 Å². The number of hydrogen-bond acceptors (Lipinski definition) is 6. The lowest BCUT2D eigenvalue weighted by atomic mass is 9.86. The van der Waals surface area contributed by atoms with Crippen molar-refractivity contribution in [1.82, 2.24) is 4.57 Å². The van der Waals surface area contributed by atoms with Crippen molar-refractivity contribution in [1.29, 1.82) is 5.26 Å². The third-order valence-electron chi connectivity index (χ3n) is 8.49. The Morgan fingerprint density at radius 1 is 1.02 bits per heavy atom. The number of esters is 1. The Balaban J connectivity index is 1.43. The van der Waals surface area contributed by atoms with Gasteiger partial charge in [0.25, 0.3) is 5.91 Å². The number of aryl methyl sites for hydroxylation is 1. The average molecular weight is 680 g/mol. The molecular weight excluding hydrogens is 633 g/mol. The summed E-state index contributed by atoms with van der Waals surface area (Å²) in [6.45, 7) is 14.0. The second kappa shape index (κ2) is 15.0. The van der Waals surface area contributed by atoms with Gasteiger partial charge in [-0.2, -0.15) is 5.26 Å². The molecule has 0 aliphatic carbocycles. The standard InChI is InChI=1S/C41H46FN3O5/c1-26(2)38-34(20-30(27-12-14-31(42)15-13-27)21-35(38)39(47)44-36-11-9-8-10-28(36)24-43)29-16-18-45(25-29)19-17-32-22-33(49-41(6,7)48-32)23-37(46)50-40(3,4)5/h8-16,18,20-21,25-26,32-33H,17,19,22-23H2,1-7H3,(H,44,47). The second-order valence-electron chi connectivity index (χ2n) is 14.6. The van der Waals surface area contributed by atoms with Gasteiger partial charge in [-0.05, 0) is 117 Å². The summed E-state index contributed by atoms with van der Waals surface area (Å²) < 4.78 is 33.9. The van der Waals surface area contributed by atoms with E-state index in [2.05, 4.69) is 22.1 Å². The number of aromatic nitrogens is 1. The van der Waals surface area contributed by atoms with Crippen LogP contribution in [0.25, 0.3) is 22.3 Å². The molecule has 3 aromatic carbocycles. The summed E-state index contributed by atoms with van der Waals surface area (Å²) in [4.78, 5) is 26.5. The van der Waals surface area contributed by atoms with Crippen molar-refractivity contribution in [2.45, 2.75) is 104 Å². The van der Waals surface area contributed by atoms with Crippen LogP contribution in [0.5, 0.6) is 0 Å². The van der Waals surface area contributed by atoms with Gasteiger partial charge in [-0.25, -0.2) is 4.39 Å². The molecule has 1 aromatic heterocycles. The van der Waals surface area contributed by atoms with Crippen molar-refractivity contribution in [2.75, 3.05) is 5.32 Å². The summed E-state index contributed by atoms with van der Waals surface area (Å²) in [6, 6.07) is 21.2. The first-order valence-corrected chi connectivity index (χ1v) is 17.1. The van der Waals surface area contributed by atoms with Crippen LogP contribution in [-0.2, 0) is 25.5 Å². The molecule has 262 valence electrons. The molecule has 1 saturated heterocycles. The Morgan fingerprint density at radius 3 is 2.40 bits per heavy atom. The summed E-state index contributed by atoms with van der Waals surface area (Å²) in [7, 11) is 0. The lowest BCUT2D eigenvalue weighted by Crippen LogP contribution is -2.46. The first-order valence-electron chi connectivity index (χ1n) is 17.1. The van der Waals surface area contributed by atoms with Crippen molar-refractivity contribution < 1.29 is 28.2 Å². The number of amides is 1. The van der Waals surface area contributed by atoms with E-state index in [0.29, 0.717) is 36.2 Å². The Kier molecular flexibility index (Phi) is 10.9. The van der Waals surface area contributed by atoms with Crippen molar-refractivity contribution in [2.24, 2.45) is 0 Å². The van der Waals surface area contributed by atoms with Gasteiger partial charge in [0.05, 0.1) is 29.9 Å². The molecule has 4 aromatic rings. The first kappa shape index (κ1) is 36.5. The normalized spacial score (nSPS) is 17.3. The number of ether oxygens (including phenoxy) is 3. The Labute approximate surface area is 294 Å². The smallest absolute Gasteiger partial charge is 0.308 e. The molecule has 0 saturated carbocycles. The van der Waals surface area contributed by atoms with Gasteiger partial charge in [0.2, 0.25) is 0 Å². The minimum absolute atomic E-state index is 0.0256. The van der Waals surface area contributed by atoms with Crippen LogP contribution < -0.4 is 5.32 Å². The molecule has 1 fully saturated rings. The minimum Gasteiger partial charge on any atom is -0.460 e. The van der Waals surface area contributed by atoms with E-state index < -0.39 is 11.4 Å². The maximum absolute atomic E-state index is 14.0. The van der Waals surface area contributed by atoms with E-state index in [-0.39, 0.29) is 42.2 Å². The number of para-hydroxylation sites is 1. The lowest BCUT2D eigenvalue weighted by molar-refractivity contribution is -0.301. The van der Waals surface area contributed by atoms with Gasteiger partial charge in [-0.15, -0.1) is 0 Å². The monoisotopic (exact) mass is 679 g/mol. The van der Waals surface area contributed by atoms with E-state index in [1.54, 1.807) is 36.4 Å². The highest BCUT2D eigenvalue weighted by Crippen LogP contribution is 2.38.